The smallest absolute Gasteiger partial charge is 0.407 e. The van der Waals surface area contributed by atoms with Gasteiger partial charge in [-0.3, -0.25) is 0 Å². The Morgan fingerprint density at radius 2 is 1.76 bits per heavy atom. The molecule has 0 spiro atoms. The van der Waals surface area contributed by atoms with Gasteiger partial charge < -0.3 is 15.4 Å². The standard InChI is InChI=1S/C17H26N2O2/c1-16(2)10-14(11-17(3,4)19-16)21-15(20)18-12-13-8-6-5-7-9-13/h5-9,14,19H,10-12H2,1-4H3,(H,18,20). The molecule has 0 radical (unpaired) electrons. The van der Waals surface area contributed by atoms with E-state index in [1.807, 2.05) is 30.3 Å². The number of carbonyl (C=O) groups is 1. The van der Waals surface area contributed by atoms with Crippen LogP contribution in [0.15, 0.2) is 30.3 Å². The van der Waals surface area contributed by atoms with Crippen molar-refractivity contribution < 1.29 is 9.53 Å². The maximum Gasteiger partial charge on any atom is 0.407 e. The summed E-state index contributed by atoms with van der Waals surface area (Å²) in [4.78, 5) is 12.0. The van der Waals surface area contributed by atoms with Crippen LogP contribution in [0.5, 0.6) is 0 Å². The fraction of sp³-hybridized carbons (Fsp3) is 0.588. The molecule has 0 aromatic heterocycles. The van der Waals surface area contributed by atoms with Gasteiger partial charge in [-0.2, -0.15) is 0 Å². The molecule has 0 bridgehead atoms. The molecule has 1 heterocycles. The molecule has 2 rings (SSSR count). The molecule has 4 nitrogen and oxygen atoms in total. The first-order valence-corrected chi connectivity index (χ1v) is 7.54. The largest absolute Gasteiger partial charge is 0.446 e. The van der Waals surface area contributed by atoms with Crippen LogP contribution in [0.1, 0.15) is 46.1 Å². The third-order valence-corrected chi connectivity index (χ3v) is 3.71. The second kappa shape index (κ2) is 6.06. The molecule has 0 unspecified atom stereocenters. The van der Waals surface area contributed by atoms with Gasteiger partial charge in [-0.15, -0.1) is 0 Å². The Kier molecular flexibility index (Phi) is 4.57. The lowest BCUT2D eigenvalue weighted by atomic mass is 9.81. The number of piperidine rings is 1. The molecule has 1 amide bonds. The lowest BCUT2D eigenvalue weighted by Gasteiger charge is -2.45. The predicted octanol–water partition coefficient (Wildman–Crippen LogP) is 3.22. The van der Waals surface area contributed by atoms with Crippen molar-refractivity contribution in [3.63, 3.8) is 0 Å². The van der Waals surface area contributed by atoms with Crippen LogP contribution in [0, 0.1) is 0 Å². The fourth-order valence-corrected chi connectivity index (χ4v) is 3.28. The molecule has 1 aromatic carbocycles. The summed E-state index contributed by atoms with van der Waals surface area (Å²) >= 11 is 0. The summed E-state index contributed by atoms with van der Waals surface area (Å²) in [6.45, 7) is 9.08. The third-order valence-electron chi connectivity index (χ3n) is 3.71. The van der Waals surface area contributed by atoms with Crippen LogP contribution in [-0.2, 0) is 11.3 Å². The van der Waals surface area contributed by atoms with Crippen LogP contribution < -0.4 is 10.6 Å². The minimum atomic E-state index is -0.336. The van der Waals surface area contributed by atoms with E-state index in [0.29, 0.717) is 6.54 Å². The molecule has 0 saturated carbocycles. The van der Waals surface area contributed by atoms with E-state index >= 15 is 0 Å². The van der Waals surface area contributed by atoms with Gasteiger partial charge >= 0.3 is 6.09 Å². The maximum atomic E-state index is 12.0. The quantitative estimate of drug-likeness (QED) is 0.898. The van der Waals surface area contributed by atoms with Crippen LogP contribution in [0.25, 0.3) is 0 Å². The van der Waals surface area contributed by atoms with Gasteiger partial charge in [-0.25, -0.2) is 4.79 Å². The molecule has 2 N–H and O–H groups in total. The normalized spacial score (nSPS) is 20.8. The van der Waals surface area contributed by atoms with Crippen molar-refractivity contribution in [3.8, 4) is 0 Å². The van der Waals surface area contributed by atoms with Crippen molar-refractivity contribution in [3.05, 3.63) is 35.9 Å². The first-order chi connectivity index (χ1) is 9.76. The van der Waals surface area contributed by atoms with E-state index in [0.717, 1.165) is 18.4 Å². The summed E-state index contributed by atoms with van der Waals surface area (Å²) in [5.41, 5.74) is 1.03. The summed E-state index contributed by atoms with van der Waals surface area (Å²) in [5, 5.41) is 6.40. The first-order valence-electron chi connectivity index (χ1n) is 7.54. The van der Waals surface area contributed by atoms with Crippen molar-refractivity contribution in [2.24, 2.45) is 0 Å². The van der Waals surface area contributed by atoms with E-state index in [9.17, 15) is 4.79 Å². The Labute approximate surface area is 127 Å². The molecular formula is C17H26N2O2. The van der Waals surface area contributed by atoms with Crippen molar-refractivity contribution in [2.45, 2.75) is 64.3 Å². The zero-order valence-corrected chi connectivity index (χ0v) is 13.4. The topological polar surface area (TPSA) is 50.4 Å². The summed E-state index contributed by atoms with van der Waals surface area (Å²) in [5.74, 6) is 0. The molecule has 4 heteroatoms. The van der Waals surface area contributed by atoms with Crippen molar-refractivity contribution in [1.82, 2.24) is 10.6 Å². The second-order valence-electron chi connectivity index (χ2n) is 7.17. The Balaban J connectivity index is 1.85. The highest BCUT2D eigenvalue weighted by molar-refractivity contribution is 5.67. The van der Waals surface area contributed by atoms with Crippen LogP contribution >= 0.6 is 0 Å². The molecule has 116 valence electrons. The maximum absolute atomic E-state index is 12.0. The third kappa shape index (κ3) is 5.05. The number of carbonyl (C=O) groups excluding carboxylic acids is 1. The number of alkyl carbamates (subject to hydrolysis) is 1. The SMILES string of the molecule is CC1(C)CC(OC(=O)NCc2ccccc2)CC(C)(C)N1. The van der Waals surface area contributed by atoms with E-state index in [1.54, 1.807) is 0 Å². The number of nitrogens with one attached hydrogen (secondary N) is 2. The van der Waals surface area contributed by atoms with E-state index in [4.69, 9.17) is 4.74 Å². The summed E-state index contributed by atoms with van der Waals surface area (Å²) < 4.78 is 5.59. The Morgan fingerprint density at radius 3 is 2.33 bits per heavy atom. The highest BCUT2D eigenvalue weighted by Crippen LogP contribution is 2.30. The zero-order chi connectivity index (χ0) is 15.5. The molecule has 1 aliphatic rings. The number of rotatable bonds is 3. The Bertz CT molecular complexity index is 467. The zero-order valence-electron chi connectivity index (χ0n) is 13.4. The van der Waals surface area contributed by atoms with E-state index in [-0.39, 0.29) is 23.3 Å². The Hall–Kier alpha value is -1.55. The van der Waals surface area contributed by atoms with Crippen LogP contribution in [0.2, 0.25) is 0 Å². The predicted molar refractivity (Wildman–Crippen MR) is 84.1 cm³/mol. The van der Waals surface area contributed by atoms with Gasteiger partial charge in [0.2, 0.25) is 0 Å². The summed E-state index contributed by atoms with van der Waals surface area (Å²) in [6, 6.07) is 9.84. The summed E-state index contributed by atoms with van der Waals surface area (Å²) in [6.07, 6.45) is 1.27. The van der Waals surface area contributed by atoms with Crippen LogP contribution in [0.4, 0.5) is 4.79 Å². The van der Waals surface area contributed by atoms with Crippen LogP contribution in [0.3, 0.4) is 0 Å². The highest BCUT2D eigenvalue weighted by atomic mass is 16.6. The summed E-state index contributed by atoms with van der Waals surface area (Å²) in [7, 11) is 0. The lowest BCUT2D eigenvalue weighted by Crippen LogP contribution is -2.60. The molecule has 1 aromatic rings. The number of amides is 1. The average molecular weight is 290 g/mol. The minimum Gasteiger partial charge on any atom is -0.446 e. The van der Waals surface area contributed by atoms with Gasteiger partial charge in [0.05, 0.1) is 0 Å². The van der Waals surface area contributed by atoms with Gasteiger partial charge in [-0.1, -0.05) is 30.3 Å². The van der Waals surface area contributed by atoms with Crippen molar-refractivity contribution in [2.75, 3.05) is 0 Å². The van der Waals surface area contributed by atoms with Crippen molar-refractivity contribution in [1.29, 1.82) is 0 Å². The Morgan fingerprint density at radius 1 is 1.19 bits per heavy atom. The monoisotopic (exact) mass is 290 g/mol. The average Bonchev–Trinajstić information content (AvgIpc) is 2.33. The minimum absolute atomic E-state index is 0.0217. The van der Waals surface area contributed by atoms with Gasteiger partial charge in [0.25, 0.3) is 0 Å². The van der Waals surface area contributed by atoms with Gasteiger partial charge in [-0.05, 0) is 33.3 Å². The number of hydrogen-bond acceptors (Lipinski definition) is 3. The highest BCUT2D eigenvalue weighted by Gasteiger charge is 2.39. The van der Waals surface area contributed by atoms with E-state index < -0.39 is 0 Å². The number of ether oxygens (including phenoxy) is 1. The molecule has 0 atom stereocenters. The molecular weight excluding hydrogens is 264 g/mol. The fourth-order valence-electron chi connectivity index (χ4n) is 3.28. The van der Waals surface area contributed by atoms with Gasteiger partial charge in [0, 0.05) is 30.5 Å². The lowest BCUT2D eigenvalue weighted by molar-refractivity contribution is 0.0192. The van der Waals surface area contributed by atoms with Crippen molar-refractivity contribution >= 4 is 6.09 Å². The molecule has 21 heavy (non-hydrogen) atoms. The van der Waals surface area contributed by atoms with Gasteiger partial charge in [0.15, 0.2) is 0 Å². The van der Waals surface area contributed by atoms with E-state index in [1.165, 1.54) is 0 Å². The molecule has 1 saturated heterocycles. The number of hydrogen-bond donors (Lipinski definition) is 2. The first kappa shape index (κ1) is 15.8. The van der Waals surface area contributed by atoms with Crippen LogP contribution in [-0.4, -0.2) is 23.3 Å². The molecule has 0 aliphatic carbocycles. The van der Waals surface area contributed by atoms with E-state index in [2.05, 4.69) is 38.3 Å². The number of benzene rings is 1. The molecule has 1 aliphatic heterocycles. The molecule has 1 fully saturated rings. The second-order valence-corrected chi connectivity index (χ2v) is 7.17. The van der Waals surface area contributed by atoms with Gasteiger partial charge in [0.1, 0.15) is 6.10 Å².